The monoisotopic (exact) mass is 275 g/mol. The van der Waals surface area contributed by atoms with Crippen molar-refractivity contribution in [3.8, 4) is 6.01 Å². The number of nitrogens with zero attached hydrogens (tertiary/aromatic N) is 2. The molecule has 0 aromatic carbocycles. The van der Waals surface area contributed by atoms with Crippen molar-refractivity contribution in [2.45, 2.75) is 33.9 Å². The van der Waals surface area contributed by atoms with Crippen LogP contribution < -0.4 is 10.1 Å². The number of furan rings is 1. The van der Waals surface area contributed by atoms with Crippen molar-refractivity contribution in [3.05, 3.63) is 41.6 Å². The van der Waals surface area contributed by atoms with Crippen LogP contribution in [-0.4, -0.2) is 16.5 Å². The first-order valence-electron chi connectivity index (χ1n) is 6.83. The number of nitrogens with one attached hydrogen (secondary N) is 1. The molecule has 0 aliphatic rings. The van der Waals surface area contributed by atoms with E-state index in [9.17, 15) is 0 Å². The highest BCUT2D eigenvalue weighted by molar-refractivity contribution is 5.17. The lowest BCUT2D eigenvalue weighted by molar-refractivity contribution is 0.249. The highest BCUT2D eigenvalue weighted by Crippen LogP contribution is 2.11. The van der Waals surface area contributed by atoms with Gasteiger partial charge in [0.1, 0.15) is 12.4 Å². The lowest BCUT2D eigenvalue weighted by Crippen LogP contribution is -2.20. The van der Waals surface area contributed by atoms with Crippen LogP contribution in [-0.2, 0) is 13.2 Å². The second-order valence-electron chi connectivity index (χ2n) is 5.16. The van der Waals surface area contributed by atoms with Crippen molar-refractivity contribution in [3.63, 3.8) is 0 Å². The van der Waals surface area contributed by atoms with Crippen molar-refractivity contribution in [2.24, 2.45) is 5.92 Å². The highest BCUT2D eigenvalue weighted by atomic mass is 16.5. The second kappa shape index (κ2) is 7.05. The van der Waals surface area contributed by atoms with Gasteiger partial charge in [0, 0.05) is 24.0 Å². The molecule has 5 nitrogen and oxygen atoms in total. The van der Waals surface area contributed by atoms with Gasteiger partial charge in [-0.3, -0.25) is 0 Å². The van der Waals surface area contributed by atoms with E-state index >= 15 is 0 Å². The standard InChI is InChI=1S/C15H21N3O2/c1-11(2)7-16-8-13-9-17-15(18-12(13)3)20-10-14-5-4-6-19-14/h4-6,9,11,16H,7-8,10H2,1-3H3. The minimum absolute atomic E-state index is 0.345. The first-order valence-corrected chi connectivity index (χ1v) is 6.83. The molecule has 108 valence electrons. The van der Waals surface area contributed by atoms with E-state index < -0.39 is 0 Å². The largest absolute Gasteiger partial charge is 0.466 e. The number of aryl methyl sites for hydroxylation is 1. The van der Waals surface area contributed by atoms with Crippen LogP contribution in [0.5, 0.6) is 6.01 Å². The molecule has 0 atom stereocenters. The van der Waals surface area contributed by atoms with Crippen LogP contribution in [0.2, 0.25) is 0 Å². The van der Waals surface area contributed by atoms with Gasteiger partial charge >= 0.3 is 6.01 Å². The summed E-state index contributed by atoms with van der Waals surface area (Å²) >= 11 is 0. The minimum atomic E-state index is 0.345. The zero-order chi connectivity index (χ0) is 14.4. The SMILES string of the molecule is Cc1nc(OCc2ccco2)ncc1CNCC(C)C. The van der Waals surface area contributed by atoms with Gasteiger partial charge in [-0.05, 0) is 31.5 Å². The molecule has 0 bridgehead atoms. The molecule has 0 unspecified atom stereocenters. The fourth-order valence-electron chi connectivity index (χ4n) is 1.74. The van der Waals surface area contributed by atoms with Crippen molar-refractivity contribution in [2.75, 3.05) is 6.54 Å². The molecule has 0 fully saturated rings. The Kier molecular flexibility index (Phi) is 5.12. The van der Waals surface area contributed by atoms with Crippen LogP contribution >= 0.6 is 0 Å². The Labute approximate surface area is 119 Å². The van der Waals surface area contributed by atoms with E-state index in [4.69, 9.17) is 9.15 Å². The molecule has 2 heterocycles. The molecule has 2 aromatic rings. The highest BCUT2D eigenvalue weighted by Gasteiger charge is 2.05. The molecule has 20 heavy (non-hydrogen) atoms. The Morgan fingerprint density at radius 3 is 2.90 bits per heavy atom. The van der Waals surface area contributed by atoms with Crippen LogP contribution in [0.15, 0.2) is 29.0 Å². The third kappa shape index (κ3) is 4.35. The van der Waals surface area contributed by atoms with Crippen LogP contribution in [0.1, 0.15) is 30.9 Å². The van der Waals surface area contributed by atoms with Gasteiger partial charge in [-0.2, -0.15) is 0 Å². The van der Waals surface area contributed by atoms with Gasteiger partial charge in [0.2, 0.25) is 0 Å². The van der Waals surface area contributed by atoms with E-state index in [2.05, 4.69) is 29.1 Å². The lowest BCUT2D eigenvalue weighted by Gasteiger charge is -2.10. The van der Waals surface area contributed by atoms with Gasteiger partial charge in [0.15, 0.2) is 0 Å². The van der Waals surface area contributed by atoms with Gasteiger partial charge in [-0.25, -0.2) is 9.97 Å². The molecule has 0 spiro atoms. The maximum absolute atomic E-state index is 5.49. The van der Waals surface area contributed by atoms with Crippen LogP contribution in [0.4, 0.5) is 0 Å². The molecule has 2 rings (SSSR count). The number of hydrogen-bond acceptors (Lipinski definition) is 5. The summed E-state index contributed by atoms with van der Waals surface area (Å²) in [5, 5.41) is 3.38. The molecule has 1 N–H and O–H groups in total. The molecule has 0 saturated heterocycles. The molecule has 2 aromatic heterocycles. The topological polar surface area (TPSA) is 60.2 Å². The number of ether oxygens (including phenoxy) is 1. The summed E-state index contributed by atoms with van der Waals surface area (Å²) in [5.41, 5.74) is 2.03. The summed E-state index contributed by atoms with van der Waals surface area (Å²) < 4.78 is 10.7. The van der Waals surface area contributed by atoms with E-state index in [0.717, 1.165) is 30.1 Å². The maximum Gasteiger partial charge on any atom is 0.317 e. The van der Waals surface area contributed by atoms with E-state index in [1.165, 1.54) is 0 Å². The molecular formula is C15H21N3O2. The molecule has 0 radical (unpaired) electrons. The average molecular weight is 275 g/mol. The maximum atomic E-state index is 5.49. The molecule has 0 aliphatic heterocycles. The zero-order valence-electron chi connectivity index (χ0n) is 12.2. The van der Waals surface area contributed by atoms with Gasteiger partial charge in [0.25, 0.3) is 0 Å². The number of aromatic nitrogens is 2. The van der Waals surface area contributed by atoms with Gasteiger partial charge in [-0.1, -0.05) is 13.8 Å². The summed E-state index contributed by atoms with van der Waals surface area (Å²) in [7, 11) is 0. The fourth-order valence-corrected chi connectivity index (χ4v) is 1.74. The Morgan fingerprint density at radius 1 is 1.40 bits per heavy atom. The normalized spacial score (nSPS) is 11.0. The Balaban J connectivity index is 1.88. The van der Waals surface area contributed by atoms with E-state index in [0.29, 0.717) is 18.5 Å². The van der Waals surface area contributed by atoms with Crippen LogP contribution in [0, 0.1) is 12.8 Å². The molecule has 5 heteroatoms. The van der Waals surface area contributed by atoms with Crippen molar-refractivity contribution in [1.29, 1.82) is 0 Å². The van der Waals surface area contributed by atoms with Crippen LogP contribution in [0.25, 0.3) is 0 Å². The summed E-state index contributed by atoms with van der Waals surface area (Å²) in [6.45, 7) is 8.44. The number of hydrogen-bond donors (Lipinski definition) is 1. The predicted octanol–water partition coefficient (Wildman–Crippen LogP) is 2.70. The van der Waals surface area contributed by atoms with Gasteiger partial charge < -0.3 is 14.5 Å². The van der Waals surface area contributed by atoms with Crippen molar-refractivity contribution >= 4 is 0 Å². The lowest BCUT2D eigenvalue weighted by atomic mass is 10.2. The smallest absolute Gasteiger partial charge is 0.317 e. The Bertz CT molecular complexity index is 524. The molecular weight excluding hydrogens is 254 g/mol. The second-order valence-corrected chi connectivity index (χ2v) is 5.16. The summed E-state index contributed by atoms with van der Waals surface area (Å²) in [6, 6.07) is 4.07. The molecule has 0 aliphatic carbocycles. The number of rotatable bonds is 7. The molecule has 0 saturated carbocycles. The van der Waals surface area contributed by atoms with Crippen molar-refractivity contribution in [1.82, 2.24) is 15.3 Å². The first kappa shape index (κ1) is 14.5. The molecule has 0 amide bonds. The third-order valence-corrected chi connectivity index (χ3v) is 2.85. The predicted molar refractivity (Wildman–Crippen MR) is 76.4 cm³/mol. The minimum Gasteiger partial charge on any atom is -0.466 e. The Morgan fingerprint density at radius 2 is 2.25 bits per heavy atom. The van der Waals surface area contributed by atoms with E-state index in [1.54, 1.807) is 6.26 Å². The van der Waals surface area contributed by atoms with Crippen LogP contribution in [0.3, 0.4) is 0 Å². The van der Waals surface area contributed by atoms with E-state index in [-0.39, 0.29) is 0 Å². The quantitative estimate of drug-likeness (QED) is 0.842. The summed E-state index contributed by atoms with van der Waals surface area (Å²) in [5.74, 6) is 1.39. The fraction of sp³-hybridized carbons (Fsp3) is 0.467. The Hall–Kier alpha value is -1.88. The van der Waals surface area contributed by atoms with Crippen molar-refractivity contribution < 1.29 is 9.15 Å². The average Bonchev–Trinajstić information content (AvgIpc) is 2.91. The summed E-state index contributed by atoms with van der Waals surface area (Å²) in [6.07, 6.45) is 3.43. The third-order valence-electron chi connectivity index (χ3n) is 2.85. The zero-order valence-corrected chi connectivity index (χ0v) is 12.2. The van der Waals surface area contributed by atoms with E-state index in [1.807, 2.05) is 25.3 Å². The first-order chi connectivity index (χ1) is 9.65. The van der Waals surface area contributed by atoms with Gasteiger partial charge in [-0.15, -0.1) is 0 Å². The summed E-state index contributed by atoms with van der Waals surface area (Å²) in [4.78, 5) is 8.58. The van der Waals surface area contributed by atoms with Gasteiger partial charge in [0.05, 0.1) is 6.26 Å².